The number of quaternary nitrogens is 1. The van der Waals surface area contributed by atoms with Crippen LogP contribution in [0.3, 0.4) is 0 Å². The first-order valence-corrected chi connectivity index (χ1v) is 7.96. The van der Waals surface area contributed by atoms with Crippen molar-refractivity contribution in [3.05, 3.63) is 71.3 Å². The van der Waals surface area contributed by atoms with Crippen LogP contribution in [0.2, 0.25) is 0 Å². The Morgan fingerprint density at radius 3 is 2.27 bits per heavy atom. The number of nitrogens with one attached hydrogen (secondary N) is 1. The average molecular weight is 295 g/mol. The molecule has 1 aliphatic heterocycles. The van der Waals surface area contributed by atoms with E-state index in [4.69, 9.17) is 0 Å². The topological polar surface area (TPSA) is 24.8 Å². The van der Waals surface area contributed by atoms with E-state index < -0.39 is 0 Å². The number of benzene rings is 2. The second-order valence-corrected chi connectivity index (χ2v) is 6.07. The van der Waals surface area contributed by atoms with Crippen LogP contribution >= 0.6 is 0 Å². The lowest BCUT2D eigenvalue weighted by Crippen LogP contribution is -3.13. The van der Waals surface area contributed by atoms with Crippen molar-refractivity contribution < 1.29 is 9.69 Å². The Morgan fingerprint density at radius 2 is 1.64 bits per heavy atom. The molecule has 0 spiro atoms. The Morgan fingerprint density at radius 1 is 1.00 bits per heavy atom. The second-order valence-electron chi connectivity index (χ2n) is 6.07. The van der Waals surface area contributed by atoms with Crippen LogP contribution in [-0.4, -0.2) is 37.0 Å². The molecular weight excluding hydrogens is 272 g/mol. The maximum absolute atomic E-state index is 12.4. The Kier molecular flexibility index (Phi) is 4.54. The van der Waals surface area contributed by atoms with Gasteiger partial charge in [-0.2, -0.15) is 0 Å². The monoisotopic (exact) mass is 295 g/mol. The molecule has 0 bridgehead atoms. The summed E-state index contributed by atoms with van der Waals surface area (Å²) in [4.78, 5) is 16.0. The van der Waals surface area contributed by atoms with Gasteiger partial charge in [0.05, 0.1) is 26.2 Å². The summed E-state index contributed by atoms with van der Waals surface area (Å²) in [6.45, 7) is 6.89. The maximum Gasteiger partial charge on any atom is 0.254 e. The summed E-state index contributed by atoms with van der Waals surface area (Å²) < 4.78 is 0. The van der Waals surface area contributed by atoms with Crippen molar-refractivity contribution in [1.82, 2.24) is 4.90 Å². The number of rotatable bonds is 3. The molecule has 3 nitrogen and oxygen atoms in total. The number of nitrogens with zero attached hydrogens (tertiary/aromatic N) is 1. The van der Waals surface area contributed by atoms with Crippen LogP contribution in [0.5, 0.6) is 0 Å². The molecule has 1 N–H and O–H groups in total. The summed E-state index contributed by atoms with van der Waals surface area (Å²) in [5, 5.41) is 0. The molecule has 2 aromatic rings. The SMILES string of the molecule is Cc1ccc(C[NH+]2CCN(C(=O)c3ccccc3)CC2)cc1. The Hall–Kier alpha value is -2.13. The highest BCUT2D eigenvalue weighted by Crippen LogP contribution is 2.05. The van der Waals surface area contributed by atoms with E-state index in [0.29, 0.717) is 0 Å². The van der Waals surface area contributed by atoms with Crippen LogP contribution in [0.15, 0.2) is 54.6 Å². The number of carbonyl (C=O) groups excluding carboxylic acids is 1. The van der Waals surface area contributed by atoms with Gasteiger partial charge < -0.3 is 9.80 Å². The van der Waals surface area contributed by atoms with E-state index in [1.54, 1.807) is 4.90 Å². The van der Waals surface area contributed by atoms with Gasteiger partial charge in [0.25, 0.3) is 5.91 Å². The van der Waals surface area contributed by atoms with Crippen molar-refractivity contribution in [2.75, 3.05) is 26.2 Å². The van der Waals surface area contributed by atoms with Gasteiger partial charge in [0.2, 0.25) is 0 Å². The van der Waals surface area contributed by atoms with Crippen LogP contribution in [0.4, 0.5) is 0 Å². The fourth-order valence-corrected chi connectivity index (χ4v) is 2.96. The molecule has 1 aliphatic rings. The third-order valence-electron chi connectivity index (χ3n) is 4.35. The summed E-state index contributed by atoms with van der Waals surface area (Å²) >= 11 is 0. The van der Waals surface area contributed by atoms with E-state index in [1.807, 2.05) is 35.2 Å². The average Bonchev–Trinajstić information content (AvgIpc) is 2.58. The summed E-state index contributed by atoms with van der Waals surface area (Å²) in [5.74, 6) is 0.162. The van der Waals surface area contributed by atoms with E-state index in [1.165, 1.54) is 11.1 Å². The molecule has 1 heterocycles. The molecule has 0 radical (unpaired) electrons. The molecule has 3 heteroatoms. The van der Waals surface area contributed by atoms with Crippen molar-refractivity contribution in [3.63, 3.8) is 0 Å². The Labute approximate surface area is 132 Å². The normalized spacial score (nSPS) is 15.8. The van der Waals surface area contributed by atoms with Crippen molar-refractivity contribution >= 4 is 5.91 Å². The Balaban J connectivity index is 1.54. The first-order chi connectivity index (χ1) is 10.7. The number of amides is 1. The first-order valence-electron chi connectivity index (χ1n) is 7.96. The van der Waals surface area contributed by atoms with Gasteiger partial charge >= 0.3 is 0 Å². The smallest absolute Gasteiger partial charge is 0.254 e. The van der Waals surface area contributed by atoms with E-state index in [2.05, 4.69) is 31.2 Å². The third kappa shape index (κ3) is 3.55. The molecule has 114 valence electrons. The summed E-state index contributed by atoms with van der Waals surface area (Å²) in [7, 11) is 0. The largest absolute Gasteiger partial charge is 0.328 e. The highest BCUT2D eigenvalue weighted by atomic mass is 16.2. The van der Waals surface area contributed by atoms with Crippen molar-refractivity contribution in [2.45, 2.75) is 13.5 Å². The zero-order valence-corrected chi connectivity index (χ0v) is 13.1. The second kappa shape index (κ2) is 6.75. The molecule has 0 aliphatic carbocycles. The number of piperazine rings is 1. The third-order valence-corrected chi connectivity index (χ3v) is 4.35. The van der Waals surface area contributed by atoms with Crippen LogP contribution in [0.25, 0.3) is 0 Å². The molecule has 1 amide bonds. The van der Waals surface area contributed by atoms with Crippen LogP contribution < -0.4 is 4.90 Å². The fourth-order valence-electron chi connectivity index (χ4n) is 2.96. The summed E-state index contributed by atoms with van der Waals surface area (Å²) in [5.41, 5.74) is 3.48. The van der Waals surface area contributed by atoms with Gasteiger partial charge in [-0.3, -0.25) is 4.79 Å². The highest BCUT2D eigenvalue weighted by molar-refractivity contribution is 5.94. The molecule has 1 saturated heterocycles. The number of carbonyl (C=O) groups is 1. The zero-order valence-electron chi connectivity index (χ0n) is 13.1. The van der Waals surface area contributed by atoms with Gasteiger partial charge in [0, 0.05) is 11.1 Å². The predicted octanol–water partition coefficient (Wildman–Crippen LogP) is 1.54. The van der Waals surface area contributed by atoms with Gasteiger partial charge in [0.15, 0.2) is 0 Å². The van der Waals surface area contributed by atoms with Gasteiger partial charge in [-0.15, -0.1) is 0 Å². The zero-order chi connectivity index (χ0) is 15.4. The molecule has 3 rings (SSSR count). The van der Waals surface area contributed by atoms with E-state index in [-0.39, 0.29) is 5.91 Å². The van der Waals surface area contributed by atoms with Crippen molar-refractivity contribution in [1.29, 1.82) is 0 Å². The quantitative estimate of drug-likeness (QED) is 0.913. The van der Waals surface area contributed by atoms with Crippen molar-refractivity contribution in [3.8, 4) is 0 Å². The van der Waals surface area contributed by atoms with E-state index >= 15 is 0 Å². The van der Waals surface area contributed by atoms with E-state index in [9.17, 15) is 4.79 Å². The summed E-state index contributed by atoms with van der Waals surface area (Å²) in [6, 6.07) is 18.3. The molecular formula is C19H23N2O+. The van der Waals surface area contributed by atoms with Gasteiger partial charge in [0.1, 0.15) is 6.54 Å². The predicted molar refractivity (Wildman–Crippen MR) is 87.9 cm³/mol. The first kappa shape index (κ1) is 14.8. The van der Waals surface area contributed by atoms with Gasteiger partial charge in [-0.05, 0) is 19.1 Å². The highest BCUT2D eigenvalue weighted by Gasteiger charge is 2.24. The minimum Gasteiger partial charge on any atom is -0.328 e. The van der Waals surface area contributed by atoms with Crippen LogP contribution in [-0.2, 0) is 6.54 Å². The number of hydrogen-bond acceptors (Lipinski definition) is 1. The molecule has 0 unspecified atom stereocenters. The minimum atomic E-state index is 0.162. The molecule has 0 atom stereocenters. The molecule has 2 aromatic carbocycles. The van der Waals surface area contributed by atoms with Crippen LogP contribution in [0.1, 0.15) is 21.5 Å². The number of aryl methyl sites for hydroxylation is 1. The number of hydrogen-bond donors (Lipinski definition) is 1. The van der Waals surface area contributed by atoms with Gasteiger partial charge in [-0.1, -0.05) is 48.0 Å². The van der Waals surface area contributed by atoms with Crippen LogP contribution in [0, 0.1) is 6.92 Å². The maximum atomic E-state index is 12.4. The van der Waals surface area contributed by atoms with E-state index in [0.717, 1.165) is 38.3 Å². The molecule has 1 fully saturated rings. The fraction of sp³-hybridized carbons (Fsp3) is 0.316. The molecule has 22 heavy (non-hydrogen) atoms. The molecule has 0 aromatic heterocycles. The molecule has 0 saturated carbocycles. The lowest BCUT2D eigenvalue weighted by Gasteiger charge is -2.32. The standard InChI is InChI=1S/C19H22N2O/c1-16-7-9-17(10-8-16)15-20-11-13-21(14-12-20)19(22)18-5-3-2-4-6-18/h2-10H,11-15H2,1H3/p+1. The summed E-state index contributed by atoms with van der Waals surface area (Å²) in [6.07, 6.45) is 0. The minimum absolute atomic E-state index is 0.162. The lowest BCUT2D eigenvalue weighted by atomic mass is 10.1. The van der Waals surface area contributed by atoms with Gasteiger partial charge in [-0.25, -0.2) is 0 Å². The Bertz CT molecular complexity index is 614. The van der Waals surface area contributed by atoms with Crippen molar-refractivity contribution in [2.24, 2.45) is 0 Å². The lowest BCUT2D eigenvalue weighted by molar-refractivity contribution is -0.917.